The summed E-state index contributed by atoms with van der Waals surface area (Å²) in [6.45, 7) is 21.7. The van der Waals surface area contributed by atoms with E-state index in [-0.39, 0.29) is 49.3 Å². The van der Waals surface area contributed by atoms with Crippen LogP contribution in [0.5, 0.6) is 5.75 Å². The van der Waals surface area contributed by atoms with Crippen molar-refractivity contribution >= 4 is 14.1 Å². The lowest BCUT2D eigenvalue weighted by Gasteiger charge is -2.51. The van der Waals surface area contributed by atoms with E-state index in [9.17, 15) is 20.1 Å². The Balaban J connectivity index is 2.25. The number of fused-ring (bicyclic) bond motifs is 2. The number of carbonyl (C=O) groups excluding carboxylic acids is 1. The van der Waals surface area contributed by atoms with Gasteiger partial charge in [-0.1, -0.05) is 53.7 Å². The van der Waals surface area contributed by atoms with Gasteiger partial charge in [-0.15, -0.1) is 0 Å². The van der Waals surface area contributed by atoms with Gasteiger partial charge >= 0.3 is 0 Å². The van der Waals surface area contributed by atoms with Crippen molar-refractivity contribution in [2.24, 2.45) is 23.2 Å². The van der Waals surface area contributed by atoms with Crippen molar-refractivity contribution in [2.45, 2.75) is 148 Å². The highest BCUT2D eigenvalue weighted by atomic mass is 28.4. The Morgan fingerprint density at radius 2 is 1.65 bits per heavy atom. The standard InChI is InChI=1S/C38H66O10Si/c1-24(2)46-22-37(41,34(26(4)39)45-21-27-14-16-28(44-11)17-15-27)30-20-31(48-49(12,13)35(5,6)7)38(42)19-18-29(36(38,8)9)33(47-23-43-10)32(40)25(30)3/h14-17,24-26,29-31,33-34,39,41-42H,18-23H2,1-13H3/t25-,26-,29+,30-,31-,33+,34+,37+,38+/m0/s1. The van der Waals surface area contributed by atoms with Crippen LogP contribution in [-0.2, 0) is 34.8 Å². The molecule has 282 valence electrons. The van der Waals surface area contributed by atoms with Crippen molar-refractivity contribution in [3.63, 3.8) is 0 Å². The predicted molar refractivity (Wildman–Crippen MR) is 192 cm³/mol. The van der Waals surface area contributed by atoms with E-state index in [2.05, 4.69) is 33.9 Å². The van der Waals surface area contributed by atoms with Gasteiger partial charge in [0.05, 0.1) is 44.2 Å². The zero-order chi connectivity index (χ0) is 37.2. The Morgan fingerprint density at radius 3 is 2.16 bits per heavy atom. The van der Waals surface area contributed by atoms with Crippen LogP contribution >= 0.6 is 0 Å². The first-order valence-corrected chi connectivity index (χ1v) is 20.8. The third-order valence-corrected chi connectivity index (χ3v) is 16.5. The number of Topliss-reactive ketones (excluding diaryl/α,β-unsaturated/α-hetero) is 1. The van der Waals surface area contributed by atoms with Gasteiger partial charge < -0.3 is 43.4 Å². The molecule has 10 nitrogen and oxygen atoms in total. The molecular weight excluding hydrogens is 644 g/mol. The van der Waals surface area contributed by atoms with E-state index in [0.717, 1.165) is 5.56 Å². The Morgan fingerprint density at radius 1 is 1.04 bits per heavy atom. The molecule has 2 bridgehead atoms. The molecule has 0 aliphatic heterocycles. The number of benzene rings is 1. The molecule has 0 amide bonds. The fourth-order valence-corrected chi connectivity index (χ4v) is 9.09. The summed E-state index contributed by atoms with van der Waals surface area (Å²) in [5, 5.41) is 37.2. The molecule has 0 saturated heterocycles. The molecule has 1 aromatic rings. The fraction of sp³-hybridized carbons (Fsp3) is 0.816. The number of methoxy groups -OCH3 is 2. The Kier molecular flexibility index (Phi) is 13.8. The molecule has 0 heterocycles. The highest BCUT2D eigenvalue weighted by molar-refractivity contribution is 6.74. The lowest BCUT2D eigenvalue weighted by Crippen LogP contribution is -2.63. The first-order valence-electron chi connectivity index (χ1n) is 17.9. The molecule has 11 heteroatoms. The topological polar surface area (TPSA) is 133 Å². The van der Waals surface area contributed by atoms with Crippen molar-refractivity contribution in [1.29, 1.82) is 0 Å². The van der Waals surface area contributed by atoms with Gasteiger partial charge in [0.1, 0.15) is 30.4 Å². The molecule has 1 aromatic carbocycles. The Hall–Kier alpha value is -1.41. The summed E-state index contributed by atoms with van der Waals surface area (Å²) >= 11 is 0. The highest BCUT2D eigenvalue weighted by Crippen LogP contribution is 2.58. The molecule has 49 heavy (non-hydrogen) atoms. The molecular formula is C38H66O10Si. The monoisotopic (exact) mass is 710 g/mol. The molecule has 9 atom stereocenters. The third kappa shape index (κ3) is 8.80. The maximum Gasteiger partial charge on any atom is 0.192 e. The van der Waals surface area contributed by atoms with Crippen LogP contribution in [0.1, 0.15) is 87.1 Å². The molecule has 2 fully saturated rings. The van der Waals surface area contributed by atoms with Crippen LogP contribution in [0, 0.1) is 23.2 Å². The van der Waals surface area contributed by atoms with E-state index in [1.54, 1.807) is 21.0 Å². The molecule has 2 aliphatic carbocycles. The summed E-state index contributed by atoms with van der Waals surface area (Å²) in [4.78, 5) is 14.8. The maximum absolute atomic E-state index is 14.8. The minimum absolute atomic E-state index is 0.0844. The Bertz CT molecular complexity index is 1210. The maximum atomic E-state index is 14.8. The predicted octanol–water partition coefficient (Wildman–Crippen LogP) is 5.89. The summed E-state index contributed by atoms with van der Waals surface area (Å²) in [5.41, 5.74) is -3.21. The fourth-order valence-electron chi connectivity index (χ4n) is 7.73. The van der Waals surface area contributed by atoms with Crippen LogP contribution in [0.25, 0.3) is 0 Å². The van der Waals surface area contributed by atoms with E-state index in [1.807, 2.05) is 52.0 Å². The highest BCUT2D eigenvalue weighted by Gasteiger charge is 2.65. The second-order valence-corrected chi connectivity index (χ2v) is 21.6. The molecule has 0 unspecified atom stereocenters. The molecule has 0 radical (unpaired) electrons. The normalized spacial score (nSPS) is 30.3. The zero-order valence-corrected chi connectivity index (χ0v) is 33.4. The molecule has 3 rings (SSSR count). The van der Waals surface area contributed by atoms with E-state index < -0.39 is 61.2 Å². The summed E-state index contributed by atoms with van der Waals surface area (Å²) in [6.07, 6.45) is -3.10. The van der Waals surface area contributed by atoms with E-state index in [0.29, 0.717) is 18.6 Å². The van der Waals surface area contributed by atoms with Gasteiger partial charge in [0.15, 0.2) is 14.1 Å². The van der Waals surface area contributed by atoms with Gasteiger partial charge in [-0.2, -0.15) is 0 Å². The molecule has 2 aliphatic rings. The van der Waals surface area contributed by atoms with Crippen molar-refractivity contribution in [2.75, 3.05) is 27.6 Å². The SMILES string of the molecule is COCO[C@H]1C(=O)[C@@H](C)[C@@H]([C@](O)(COC(C)C)[C@H](OCc2ccc(OC)cc2)[C@H](C)O)C[C@H](O[Si](C)(C)C(C)(C)C)[C@]2(O)CC[C@H]1C2(C)C. The van der Waals surface area contributed by atoms with E-state index >= 15 is 0 Å². The molecule has 0 spiro atoms. The second-order valence-electron chi connectivity index (χ2n) is 16.9. The van der Waals surface area contributed by atoms with Crippen molar-refractivity contribution < 1.29 is 48.2 Å². The smallest absolute Gasteiger partial charge is 0.192 e. The average molecular weight is 711 g/mol. The van der Waals surface area contributed by atoms with Crippen molar-refractivity contribution in [3.05, 3.63) is 29.8 Å². The van der Waals surface area contributed by atoms with Gasteiger partial charge in [-0.3, -0.25) is 4.79 Å². The number of rotatable bonds is 15. The average Bonchev–Trinajstić information content (AvgIpc) is 3.26. The lowest BCUT2D eigenvalue weighted by atomic mass is 9.66. The van der Waals surface area contributed by atoms with E-state index in [1.165, 1.54) is 7.11 Å². The minimum Gasteiger partial charge on any atom is -0.497 e. The van der Waals surface area contributed by atoms with Crippen LogP contribution in [0.15, 0.2) is 24.3 Å². The van der Waals surface area contributed by atoms with Crippen LogP contribution in [-0.4, -0.2) is 98.8 Å². The number of aliphatic hydroxyl groups is 3. The third-order valence-electron chi connectivity index (χ3n) is 12.0. The number of hydrogen-bond acceptors (Lipinski definition) is 10. The van der Waals surface area contributed by atoms with Gasteiger partial charge in [0, 0.05) is 30.3 Å². The van der Waals surface area contributed by atoms with E-state index in [4.69, 9.17) is 28.1 Å². The number of hydrogen-bond donors (Lipinski definition) is 3. The summed E-state index contributed by atoms with van der Waals surface area (Å²) in [5.74, 6) is -1.48. The quantitative estimate of drug-likeness (QED) is 0.150. The Labute approximate surface area is 296 Å². The first kappa shape index (κ1) is 42.0. The number of aliphatic hydroxyl groups excluding tert-OH is 1. The second kappa shape index (κ2) is 16.1. The molecule has 2 saturated carbocycles. The van der Waals surface area contributed by atoms with Gasteiger partial charge in [0.25, 0.3) is 0 Å². The lowest BCUT2D eigenvalue weighted by molar-refractivity contribution is -0.224. The van der Waals surface area contributed by atoms with Crippen LogP contribution < -0.4 is 4.74 Å². The van der Waals surface area contributed by atoms with Gasteiger partial charge in [-0.05, 0) is 75.9 Å². The first-order chi connectivity index (χ1) is 22.6. The summed E-state index contributed by atoms with van der Waals surface area (Å²) in [6, 6.07) is 7.37. The largest absolute Gasteiger partial charge is 0.497 e. The van der Waals surface area contributed by atoms with Gasteiger partial charge in [-0.25, -0.2) is 0 Å². The minimum atomic E-state index is -2.51. The molecule has 3 N–H and O–H groups in total. The zero-order valence-electron chi connectivity index (χ0n) is 32.4. The van der Waals surface area contributed by atoms with Crippen LogP contribution in [0.3, 0.4) is 0 Å². The van der Waals surface area contributed by atoms with Crippen molar-refractivity contribution in [1.82, 2.24) is 0 Å². The summed E-state index contributed by atoms with van der Waals surface area (Å²) in [7, 11) is 0.597. The summed E-state index contributed by atoms with van der Waals surface area (Å²) < 4.78 is 36.5. The van der Waals surface area contributed by atoms with Crippen LogP contribution in [0.2, 0.25) is 18.1 Å². The number of ketones is 1. The number of ether oxygens (including phenoxy) is 5. The van der Waals surface area contributed by atoms with Crippen molar-refractivity contribution in [3.8, 4) is 5.75 Å². The van der Waals surface area contributed by atoms with Crippen LogP contribution in [0.4, 0.5) is 0 Å². The molecule has 0 aromatic heterocycles. The van der Waals surface area contributed by atoms with Gasteiger partial charge in [0.2, 0.25) is 0 Å². The number of carbonyl (C=O) groups is 1.